The number of rotatable bonds is 7. The molecule has 0 saturated carbocycles. The number of hydrogen-bond acceptors (Lipinski definition) is 5. The van der Waals surface area contributed by atoms with Crippen molar-refractivity contribution in [2.75, 3.05) is 18.1 Å². The molecule has 0 atom stereocenters. The van der Waals surface area contributed by atoms with Crippen LogP contribution in [0.2, 0.25) is 0 Å². The SMILES string of the molecule is CCOC(=O)c1nc(N(CCc2ccccc2)C(=O)c2ccccc2)sc1C. The lowest BCUT2D eigenvalue weighted by Crippen LogP contribution is -2.33. The van der Waals surface area contributed by atoms with Gasteiger partial charge in [-0.2, -0.15) is 0 Å². The molecule has 0 aliphatic heterocycles. The Bertz CT molecular complexity index is 939. The maximum atomic E-state index is 13.2. The number of amides is 1. The first kappa shape index (κ1) is 19.8. The molecule has 28 heavy (non-hydrogen) atoms. The number of anilines is 1. The lowest BCUT2D eigenvalue weighted by molar-refractivity contribution is 0.0519. The van der Waals surface area contributed by atoms with Gasteiger partial charge in [-0.25, -0.2) is 9.78 Å². The van der Waals surface area contributed by atoms with Crippen LogP contribution < -0.4 is 4.90 Å². The van der Waals surface area contributed by atoms with E-state index in [-0.39, 0.29) is 18.2 Å². The van der Waals surface area contributed by atoms with Gasteiger partial charge in [-0.15, -0.1) is 11.3 Å². The summed E-state index contributed by atoms with van der Waals surface area (Å²) in [4.78, 5) is 32.1. The predicted octanol–water partition coefficient (Wildman–Crippen LogP) is 4.52. The molecule has 0 unspecified atom stereocenters. The summed E-state index contributed by atoms with van der Waals surface area (Å²) in [7, 11) is 0. The third-order valence-electron chi connectivity index (χ3n) is 4.22. The van der Waals surface area contributed by atoms with Crippen LogP contribution in [-0.2, 0) is 11.2 Å². The van der Waals surface area contributed by atoms with Crippen molar-refractivity contribution in [3.05, 3.63) is 82.4 Å². The molecule has 0 radical (unpaired) electrons. The number of nitrogens with zero attached hydrogens (tertiary/aromatic N) is 2. The van der Waals surface area contributed by atoms with Crippen LogP contribution in [0.4, 0.5) is 5.13 Å². The Morgan fingerprint density at radius 3 is 2.32 bits per heavy atom. The Labute approximate surface area is 168 Å². The van der Waals surface area contributed by atoms with Gasteiger partial charge in [-0.1, -0.05) is 48.5 Å². The number of benzene rings is 2. The highest BCUT2D eigenvalue weighted by atomic mass is 32.1. The Kier molecular flexibility index (Phi) is 6.55. The number of aryl methyl sites for hydroxylation is 1. The Hall–Kier alpha value is -2.99. The molecule has 2 aromatic carbocycles. The zero-order valence-electron chi connectivity index (χ0n) is 15.9. The van der Waals surface area contributed by atoms with Crippen LogP contribution in [0.1, 0.15) is 38.2 Å². The molecule has 1 amide bonds. The van der Waals surface area contributed by atoms with Gasteiger partial charge in [-0.3, -0.25) is 9.69 Å². The molecule has 0 saturated heterocycles. The van der Waals surface area contributed by atoms with Gasteiger partial charge in [0, 0.05) is 17.0 Å². The summed E-state index contributed by atoms with van der Waals surface area (Å²) in [5.41, 5.74) is 1.99. The summed E-state index contributed by atoms with van der Waals surface area (Å²) >= 11 is 1.33. The fourth-order valence-electron chi connectivity index (χ4n) is 2.79. The van der Waals surface area contributed by atoms with Crippen LogP contribution in [0.5, 0.6) is 0 Å². The number of ether oxygens (including phenoxy) is 1. The summed E-state index contributed by atoms with van der Waals surface area (Å²) in [5, 5.41) is 0.505. The molecule has 1 aromatic heterocycles. The van der Waals surface area contributed by atoms with Crippen molar-refractivity contribution in [1.82, 2.24) is 4.98 Å². The van der Waals surface area contributed by atoms with E-state index < -0.39 is 5.97 Å². The molecular formula is C22H22N2O3S. The number of thiazole rings is 1. The topological polar surface area (TPSA) is 59.5 Å². The molecule has 3 rings (SSSR count). The summed E-state index contributed by atoms with van der Waals surface area (Å²) in [6, 6.07) is 19.1. The van der Waals surface area contributed by atoms with Gasteiger partial charge in [0.05, 0.1) is 6.61 Å². The number of esters is 1. The van der Waals surface area contributed by atoms with Crippen molar-refractivity contribution < 1.29 is 14.3 Å². The van der Waals surface area contributed by atoms with Crippen LogP contribution in [0.15, 0.2) is 60.7 Å². The van der Waals surface area contributed by atoms with Crippen LogP contribution in [0.25, 0.3) is 0 Å². The molecule has 1 heterocycles. The lowest BCUT2D eigenvalue weighted by atomic mass is 10.1. The van der Waals surface area contributed by atoms with Gasteiger partial charge < -0.3 is 4.74 Å². The van der Waals surface area contributed by atoms with E-state index in [9.17, 15) is 9.59 Å². The van der Waals surface area contributed by atoms with Gasteiger partial charge in [0.2, 0.25) is 0 Å². The van der Waals surface area contributed by atoms with Gasteiger partial charge >= 0.3 is 5.97 Å². The molecule has 6 heteroatoms. The monoisotopic (exact) mass is 394 g/mol. The second kappa shape index (κ2) is 9.28. The van der Waals surface area contributed by atoms with Crippen LogP contribution in [0, 0.1) is 6.92 Å². The second-order valence-corrected chi connectivity index (χ2v) is 7.36. The van der Waals surface area contributed by atoms with Crippen molar-refractivity contribution >= 4 is 28.3 Å². The van der Waals surface area contributed by atoms with E-state index >= 15 is 0 Å². The van der Waals surface area contributed by atoms with Crippen molar-refractivity contribution in [2.45, 2.75) is 20.3 Å². The smallest absolute Gasteiger partial charge is 0.358 e. The van der Waals surface area contributed by atoms with Gasteiger partial charge in [0.1, 0.15) is 0 Å². The van der Waals surface area contributed by atoms with Crippen molar-refractivity contribution in [3.8, 4) is 0 Å². The first-order chi connectivity index (χ1) is 13.6. The average Bonchev–Trinajstić information content (AvgIpc) is 3.11. The second-order valence-electron chi connectivity index (χ2n) is 6.18. The third kappa shape index (κ3) is 4.64. The zero-order valence-corrected chi connectivity index (χ0v) is 16.7. The number of aromatic nitrogens is 1. The Morgan fingerprint density at radius 2 is 1.68 bits per heavy atom. The van der Waals surface area contributed by atoms with E-state index in [1.807, 2.05) is 55.5 Å². The van der Waals surface area contributed by atoms with E-state index in [0.717, 1.165) is 10.4 Å². The molecule has 0 spiro atoms. The molecular weight excluding hydrogens is 372 g/mol. The minimum Gasteiger partial charge on any atom is -0.461 e. The molecule has 0 bridgehead atoms. The number of carbonyl (C=O) groups is 2. The molecule has 144 valence electrons. The average molecular weight is 394 g/mol. The Morgan fingerprint density at radius 1 is 1.04 bits per heavy atom. The van der Waals surface area contributed by atoms with Crippen LogP contribution in [-0.4, -0.2) is 30.0 Å². The maximum Gasteiger partial charge on any atom is 0.358 e. The van der Waals surface area contributed by atoms with Gasteiger partial charge in [0.15, 0.2) is 10.8 Å². The van der Waals surface area contributed by atoms with E-state index in [1.165, 1.54) is 11.3 Å². The highest BCUT2D eigenvalue weighted by molar-refractivity contribution is 7.16. The highest BCUT2D eigenvalue weighted by Gasteiger charge is 2.24. The summed E-state index contributed by atoms with van der Waals surface area (Å²) in [6.45, 7) is 4.32. The molecule has 0 aliphatic carbocycles. The molecule has 0 N–H and O–H groups in total. The molecule has 5 nitrogen and oxygen atoms in total. The normalized spacial score (nSPS) is 10.5. The number of hydrogen-bond donors (Lipinski definition) is 0. The standard InChI is InChI=1S/C22H22N2O3S/c1-3-27-21(26)19-16(2)28-22(23-19)24(15-14-17-10-6-4-7-11-17)20(25)18-12-8-5-9-13-18/h4-13H,3,14-15H2,1-2H3. The van der Waals surface area contributed by atoms with Crippen molar-refractivity contribution in [2.24, 2.45) is 0 Å². The van der Waals surface area contributed by atoms with E-state index in [1.54, 1.807) is 24.0 Å². The van der Waals surface area contributed by atoms with Gasteiger partial charge in [0.25, 0.3) is 5.91 Å². The fraction of sp³-hybridized carbons (Fsp3) is 0.227. The minimum absolute atomic E-state index is 0.138. The van der Waals surface area contributed by atoms with Crippen molar-refractivity contribution in [3.63, 3.8) is 0 Å². The quantitative estimate of drug-likeness (QED) is 0.553. The van der Waals surface area contributed by atoms with Gasteiger partial charge in [-0.05, 0) is 38.0 Å². The first-order valence-electron chi connectivity index (χ1n) is 9.15. The Balaban J connectivity index is 1.90. The molecule has 0 fully saturated rings. The largest absolute Gasteiger partial charge is 0.461 e. The van der Waals surface area contributed by atoms with Crippen LogP contribution in [0.3, 0.4) is 0 Å². The highest BCUT2D eigenvalue weighted by Crippen LogP contribution is 2.28. The van der Waals surface area contributed by atoms with Crippen molar-refractivity contribution in [1.29, 1.82) is 0 Å². The van der Waals surface area contributed by atoms with E-state index in [4.69, 9.17) is 4.74 Å². The summed E-state index contributed by atoms with van der Waals surface area (Å²) in [5.74, 6) is -0.599. The van der Waals surface area contributed by atoms with Crippen LogP contribution >= 0.6 is 11.3 Å². The minimum atomic E-state index is -0.460. The van der Waals surface area contributed by atoms with E-state index in [0.29, 0.717) is 23.7 Å². The fourth-order valence-corrected chi connectivity index (χ4v) is 3.71. The molecule has 0 aliphatic rings. The third-order valence-corrected chi connectivity index (χ3v) is 5.21. The first-order valence-corrected chi connectivity index (χ1v) is 9.97. The predicted molar refractivity (Wildman–Crippen MR) is 111 cm³/mol. The van der Waals surface area contributed by atoms with E-state index in [2.05, 4.69) is 4.98 Å². The summed E-state index contributed by atoms with van der Waals surface area (Å²) in [6.07, 6.45) is 0.687. The zero-order chi connectivity index (χ0) is 19.9. The summed E-state index contributed by atoms with van der Waals surface area (Å²) < 4.78 is 5.08. The number of carbonyl (C=O) groups excluding carboxylic acids is 2. The molecule has 3 aromatic rings. The maximum absolute atomic E-state index is 13.2. The lowest BCUT2D eigenvalue weighted by Gasteiger charge is -2.20.